The van der Waals surface area contributed by atoms with Gasteiger partial charge in [0, 0.05) is 0 Å². The Hall–Kier alpha value is -1.32. The van der Waals surface area contributed by atoms with Gasteiger partial charge in [-0.05, 0) is 43.1 Å². The van der Waals surface area contributed by atoms with Crippen LogP contribution in [0.1, 0.15) is 12.0 Å². The first-order chi connectivity index (χ1) is 7.81. The normalized spacial score (nSPS) is 10.6. The summed E-state index contributed by atoms with van der Waals surface area (Å²) < 4.78 is 1.70. The van der Waals surface area contributed by atoms with Crippen molar-refractivity contribution in [1.82, 2.24) is 9.78 Å². The highest BCUT2D eigenvalue weighted by Crippen LogP contribution is 2.15. The Morgan fingerprint density at radius 3 is 2.50 bits per heavy atom. The van der Waals surface area contributed by atoms with Crippen LogP contribution in [0.3, 0.4) is 0 Å². The molecule has 3 nitrogen and oxygen atoms in total. The van der Waals surface area contributed by atoms with Gasteiger partial charge in [-0.15, -0.1) is 0 Å². The van der Waals surface area contributed by atoms with Gasteiger partial charge >= 0.3 is 0 Å². The fraction of sp³-hybridized carbons (Fsp3) is 0.250. The van der Waals surface area contributed by atoms with Crippen molar-refractivity contribution in [2.75, 3.05) is 6.54 Å². The van der Waals surface area contributed by atoms with Gasteiger partial charge in [-0.2, -0.15) is 5.10 Å². The molecular weight excluding hydrogens is 222 g/mol. The van der Waals surface area contributed by atoms with E-state index in [1.54, 1.807) is 16.9 Å². The molecular formula is C12H14ClN3. The van der Waals surface area contributed by atoms with Crippen LogP contribution in [0, 0.1) is 0 Å². The number of hydrogen-bond acceptors (Lipinski definition) is 2. The predicted octanol–water partition coefficient (Wildman–Crippen LogP) is 2.42. The Kier molecular flexibility index (Phi) is 3.59. The summed E-state index contributed by atoms with van der Waals surface area (Å²) in [5.74, 6) is 0. The Labute approximate surface area is 99.8 Å². The first-order valence-corrected chi connectivity index (χ1v) is 5.68. The molecule has 2 aromatic rings. The maximum Gasteiger partial charge on any atom is 0.132 e. The van der Waals surface area contributed by atoms with E-state index in [2.05, 4.69) is 17.2 Å². The third-order valence-electron chi connectivity index (χ3n) is 2.45. The molecule has 0 aliphatic carbocycles. The van der Waals surface area contributed by atoms with Gasteiger partial charge in [0.1, 0.15) is 5.15 Å². The summed E-state index contributed by atoms with van der Waals surface area (Å²) in [5, 5.41) is 4.76. The standard InChI is InChI=1S/C12H14ClN3/c13-12-7-9-15-16(12)11-5-3-10(4-6-11)2-1-8-14/h3-7,9H,1-2,8,14H2. The van der Waals surface area contributed by atoms with Crippen LogP contribution in [-0.4, -0.2) is 16.3 Å². The van der Waals surface area contributed by atoms with Gasteiger partial charge < -0.3 is 5.73 Å². The molecule has 0 bridgehead atoms. The smallest absolute Gasteiger partial charge is 0.132 e. The molecule has 0 aliphatic rings. The van der Waals surface area contributed by atoms with Gasteiger partial charge in [-0.1, -0.05) is 23.7 Å². The average molecular weight is 236 g/mol. The van der Waals surface area contributed by atoms with Gasteiger partial charge in [-0.3, -0.25) is 0 Å². The van der Waals surface area contributed by atoms with E-state index in [1.807, 2.05) is 12.1 Å². The van der Waals surface area contributed by atoms with Crippen LogP contribution in [0.15, 0.2) is 36.5 Å². The number of nitrogens with two attached hydrogens (primary N) is 1. The monoisotopic (exact) mass is 235 g/mol. The highest BCUT2D eigenvalue weighted by molar-refractivity contribution is 6.29. The largest absolute Gasteiger partial charge is 0.330 e. The van der Waals surface area contributed by atoms with E-state index in [-0.39, 0.29) is 0 Å². The Morgan fingerprint density at radius 1 is 1.19 bits per heavy atom. The number of aromatic nitrogens is 2. The maximum absolute atomic E-state index is 5.98. The van der Waals surface area contributed by atoms with E-state index >= 15 is 0 Å². The molecule has 0 aliphatic heterocycles. The highest BCUT2D eigenvalue weighted by Gasteiger charge is 2.01. The molecule has 0 fully saturated rings. The fourth-order valence-electron chi connectivity index (χ4n) is 1.59. The molecule has 0 saturated carbocycles. The highest BCUT2D eigenvalue weighted by atomic mass is 35.5. The molecule has 0 saturated heterocycles. The lowest BCUT2D eigenvalue weighted by Crippen LogP contribution is -2.01. The van der Waals surface area contributed by atoms with Gasteiger partial charge in [0.2, 0.25) is 0 Å². The predicted molar refractivity (Wildman–Crippen MR) is 65.9 cm³/mol. The van der Waals surface area contributed by atoms with Crippen molar-refractivity contribution >= 4 is 11.6 Å². The molecule has 4 heteroatoms. The molecule has 2 rings (SSSR count). The zero-order valence-corrected chi connectivity index (χ0v) is 9.69. The first kappa shape index (κ1) is 11.2. The third-order valence-corrected chi connectivity index (χ3v) is 2.73. The number of nitrogens with zero attached hydrogens (tertiary/aromatic N) is 2. The molecule has 1 heterocycles. The lowest BCUT2D eigenvalue weighted by Gasteiger charge is -2.04. The van der Waals surface area contributed by atoms with E-state index in [0.717, 1.165) is 25.1 Å². The molecule has 0 spiro atoms. The molecule has 0 radical (unpaired) electrons. The first-order valence-electron chi connectivity index (χ1n) is 5.30. The van der Waals surface area contributed by atoms with Crippen LogP contribution < -0.4 is 5.73 Å². The van der Waals surface area contributed by atoms with Crippen LogP contribution >= 0.6 is 11.6 Å². The van der Waals surface area contributed by atoms with Gasteiger partial charge in [0.15, 0.2) is 0 Å². The van der Waals surface area contributed by atoms with Crippen LogP contribution in [-0.2, 0) is 6.42 Å². The summed E-state index contributed by atoms with van der Waals surface area (Å²) >= 11 is 5.98. The van der Waals surface area contributed by atoms with Crippen LogP contribution in [0.25, 0.3) is 5.69 Å². The number of hydrogen-bond donors (Lipinski definition) is 1. The van der Waals surface area contributed by atoms with Crippen molar-refractivity contribution < 1.29 is 0 Å². The average Bonchev–Trinajstić information content (AvgIpc) is 2.74. The van der Waals surface area contributed by atoms with Crippen molar-refractivity contribution in [1.29, 1.82) is 0 Å². The second kappa shape index (κ2) is 5.14. The molecule has 16 heavy (non-hydrogen) atoms. The molecule has 1 aromatic carbocycles. The summed E-state index contributed by atoms with van der Waals surface area (Å²) in [5.41, 5.74) is 7.74. The third kappa shape index (κ3) is 2.43. The van der Waals surface area contributed by atoms with Gasteiger partial charge in [0.05, 0.1) is 11.9 Å². The Morgan fingerprint density at radius 2 is 1.94 bits per heavy atom. The maximum atomic E-state index is 5.98. The number of benzene rings is 1. The Bertz CT molecular complexity index is 448. The minimum absolute atomic E-state index is 0.620. The topological polar surface area (TPSA) is 43.8 Å². The van der Waals surface area contributed by atoms with Gasteiger partial charge in [-0.25, -0.2) is 4.68 Å². The second-order valence-electron chi connectivity index (χ2n) is 3.62. The molecule has 0 amide bonds. The van der Waals surface area contributed by atoms with E-state index in [0.29, 0.717) is 5.15 Å². The molecule has 84 valence electrons. The van der Waals surface area contributed by atoms with Crippen molar-refractivity contribution in [2.45, 2.75) is 12.8 Å². The van der Waals surface area contributed by atoms with Crippen molar-refractivity contribution in [3.63, 3.8) is 0 Å². The minimum Gasteiger partial charge on any atom is -0.330 e. The summed E-state index contributed by atoms with van der Waals surface area (Å²) in [4.78, 5) is 0. The number of aryl methyl sites for hydroxylation is 1. The number of rotatable bonds is 4. The summed E-state index contributed by atoms with van der Waals surface area (Å²) in [6.07, 6.45) is 3.72. The Balaban J connectivity index is 2.16. The molecule has 2 N–H and O–H groups in total. The summed E-state index contributed by atoms with van der Waals surface area (Å²) in [6.45, 7) is 0.729. The summed E-state index contributed by atoms with van der Waals surface area (Å²) in [6, 6.07) is 9.98. The van der Waals surface area contributed by atoms with E-state index in [1.165, 1.54) is 5.56 Å². The summed E-state index contributed by atoms with van der Waals surface area (Å²) in [7, 11) is 0. The number of halogens is 1. The minimum atomic E-state index is 0.620. The van der Waals surface area contributed by atoms with E-state index in [9.17, 15) is 0 Å². The lowest BCUT2D eigenvalue weighted by atomic mass is 10.1. The van der Waals surface area contributed by atoms with Crippen molar-refractivity contribution in [2.24, 2.45) is 5.73 Å². The van der Waals surface area contributed by atoms with Crippen LogP contribution in [0.2, 0.25) is 5.15 Å². The fourth-order valence-corrected chi connectivity index (χ4v) is 1.78. The zero-order chi connectivity index (χ0) is 11.4. The van der Waals surface area contributed by atoms with E-state index < -0.39 is 0 Å². The molecule has 0 unspecified atom stereocenters. The lowest BCUT2D eigenvalue weighted by molar-refractivity contribution is 0.829. The van der Waals surface area contributed by atoms with Crippen LogP contribution in [0.4, 0.5) is 0 Å². The second-order valence-corrected chi connectivity index (χ2v) is 4.01. The quantitative estimate of drug-likeness (QED) is 0.885. The zero-order valence-electron chi connectivity index (χ0n) is 8.94. The van der Waals surface area contributed by atoms with Gasteiger partial charge in [0.25, 0.3) is 0 Å². The van der Waals surface area contributed by atoms with E-state index in [4.69, 9.17) is 17.3 Å². The van der Waals surface area contributed by atoms with Crippen LogP contribution in [0.5, 0.6) is 0 Å². The van der Waals surface area contributed by atoms with Crippen molar-refractivity contribution in [3.8, 4) is 5.69 Å². The molecule has 1 aromatic heterocycles. The van der Waals surface area contributed by atoms with Crippen molar-refractivity contribution in [3.05, 3.63) is 47.2 Å². The molecule has 0 atom stereocenters. The SMILES string of the molecule is NCCCc1ccc(-n2nccc2Cl)cc1.